The number of nitrogens with two attached hydrogens (primary N) is 2. The summed E-state index contributed by atoms with van der Waals surface area (Å²) in [5, 5.41) is 2.75. The van der Waals surface area contributed by atoms with Crippen LogP contribution in [0, 0.1) is 0 Å². The molecule has 0 aromatic carbocycles. The van der Waals surface area contributed by atoms with Crippen LogP contribution in [0.15, 0.2) is 0 Å². The van der Waals surface area contributed by atoms with E-state index in [4.69, 9.17) is 0 Å². The molecule has 0 aliphatic rings. The molecule has 5 N–H and O–H groups in total. The largest absolute Gasteiger partial charge is 4.00 e. The maximum absolute atomic E-state index is 4.00. The summed E-state index contributed by atoms with van der Waals surface area (Å²) in [6.45, 7) is 0. The second-order valence-corrected chi connectivity index (χ2v) is 0.500. The van der Waals surface area contributed by atoms with Crippen molar-refractivity contribution in [2.75, 3.05) is 14.1 Å². The molecule has 0 saturated carbocycles. The minimum atomic E-state index is 0. The van der Waals surface area contributed by atoms with Gasteiger partial charge in [0.2, 0.25) is 0 Å². The van der Waals surface area contributed by atoms with Crippen molar-refractivity contribution in [3.05, 3.63) is 0 Å². The van der Waals surface area contributed by atoms with Crippen LogP contribution in [0.3, 0.4) is 0 Å². The van der Waals surface area contributed by atoms with E-state index < -0.39 is 0 Å². The summed E-state index contributed by atoms with van der Waals surface area (Å²) >= 11 is 0. The molecule has 4 heteroatoms. The van der Waals surface area contributed by atoms with Crippen LogP contribution in [0.5, 0.6) is 0 Å². The Morgan fingerprint density at radius 1 is 1.17 bits per heavy atom. The van der Waals surface area contributed by atoms with E-state index in [9.17, 15) is 0 Å². The fourth-order valence-electron chi connectivity index (χ4n) is 0. The van der Waals surface area contributed by atoms with E-state index in [1.54, 1.807) is 0 Å². The van der Waals surface area contributed by atoms with Crippen LogP contribution in [0.1, 0.15) is 0 Å². The third-order valence-electron chi connectivity index (χ3n) is 0. The maximum Gasteiger partial charge on any atom is 4.00 e. The van der Waals surface area contributed by atoms with Crippen molar-refractivity contribution in [3.8, 4) is 0 Å². The first-order valence-corrected chi connectivity index (χ1v) is 1.33. The van der Waals surface area contributed by atoms with Crippen LogP contribution >= 0.6 is 0 Å². The fraction of sp³-hybridized carbons (Fsp3) is 1.00. The van der Waals surface area contributed by atoms with E-state index in [1.165, 1.54) is 0 Å². The van der Waals surface area contributed by atoms with E-state index >= 15 is 0 Å². The second kappa shape index (κ2) is 46.5. The molecular weight excluding hydrogens is 114 g/mol. The molecule has 6 heavy (non-hydrogen) atoms. The molecule has 0 spiro atoms. The van der Waals surface area contributed by atoms with Crippen molar-refractivity contribution >= 4 is 0 Å². The molecule has 0 amide bonds. The van der Waals surface area contributed by atoms with Gasteiger partial charge in [-0.15, -0.1) is 0 Å². The van der Waals surface area contributed by atoms with Crippen molar-refractivity contribution in [1.82, 2.24) is 5.32 Å². The topological polar surface area (TPSA) is 64.1 Å². The van der Waals surface area contributed by atoms with Crippen LogP contribution in [0.25, 0.3) is 0 Å². The standard InChI is InChI=1S/C2H7N.H4N2.Ti/c1-3-2;1-2;/h3H,1-2H3;1-2H2;/q;;+4. The summed E-state index contributed by atoms with van der Waals surface area (Å²) in [5.41, 5.74) is 0. The molecule has 0 atom stereocenters. The Labute approximate surface area is 53.3 Å². The number of hydrogen-bond acceptors (Lipinski definition) is 3. The van der Waals surface area contributed by atoms with Gasteiger partial charge in [-0.3, -0.25) is 11.7 Å². The Morgan fingerprint density at radius 2 is 1.17 bits per heavy atom. The monoisotopic (exact) mass is 125 g/mol. The molecule has 0 bridgehead atoms. The molecule has 0 heterocycles. The minimum absolute atomic E-state index is 0. The summed E-state index contributed by atoms with van der Waals surface area (Å²) < 4.78 is 0. The molecule has 3 nitrogen and oxygen atoms in total. The van der Waals surface area contributed by atoms with Crippen LogP contribution in [0.4, 0.5) is 0 Å². The zero-order valence-corrected chi connectivity index (χ0v) is 5.72. The summed E-state index contributed by atoms with van der Waals surface area (Å²) in [6, 6.07) is 0. The zero-order valence-electron chi connectivity index (χ0n) is 4.15. The molecule has 34 valence electrons. The zero-order chi connectivity index (χ0) is 4.71. The Bertz CT molecular complexity index is 8.75. The molecule has 0 saturated heterocycles. The maximum atomic E-state index is 4.00. The van der Waals surface area contributed by atoms with E-state index in [-0.39, 0.29) is 21.7 Å². The van der Waals surface area contributed by atoms with Gasteiger partial charge in [-0.2, -0.15) is 0 Å². The molecule has 0 aromatic rings. The third kappa shape index (κ3) is 168. The van der Waals surface area contributed by atoms with Crippen molar-refractivity contribution < 1.29 is 21.7 Å². The van der Waals surface area contributed by atoms with Gasteiger partial charge >= 0.3 is 21.7 Å². The van der Waals surface area contributed by atoms with E-state index in [2.05, 4.69) is 17.0 Å². The molecule has 0 fully saturated rings. The molecule has 0 unspecified atom stereocenters. The van der Waals surface area contributed by atoms with Gasteiger partial charge in [-0.05, 0) is 14.1 Å². The number of nitrogens with one attached hydrogen (secondary N) is 1. The van der Waals surface area contributed by atoms with Gasteiger partial charge in [0.15, 0.2) is 0 Å². The van der Waals surface area contributed by atoms with Gasteiger partial charge in [0.1, 0.15) is 0 Å². The summed E-state index contributed by atoms with van der Waals surface area (Å²) in [7, 11) is 3.75. The SMILES string of the molecule is CNC.NN.[Ti+4]. The normalized spacial score (nSPS) is 4.00. The van der Waals surface area contributed by atoms with Crippen LogP contribution in [-0.2, 0) is 21.7 Å². The molecule has 0 aliphatic carbocycles. The molecule has 0 aliphatic heterocycles. The predicted molar refractivity (Wildman–Crippen MR) is 23.4 cm³/mol. The second-order valence-electron chi connectivity index (χ2n) is 0.500. The van der Waals surface area contributed by atoms with Crippen LogP contribution in [0.2, 0.25) is 0 Å². The third-order valence-corrected chi connectivity index (χ3v) is 0. The minimum Gasteiger partial charge on any atom is -0.323 e. The Hall–Kier alpha value is 0.594. The average Bonchev–Trinajstić information content (AvgIpc) is 1.46. The first kappa shape index (κ1) is 16.0. The average molecular weight is 125 g/mol. The van der Waals surface area contributed by atoms with Gasteiger partial charge in [-0.1, -0.05) is 0 Å². The molecule has 0 radical (unpaired) electrons. The van der Waals surface area contributed by atoms with Crippen molar-refractivity contribution in [3.63, 3.8) is 0 Å². The van der Waals surface area contributed by atoms with Crippen LogP contribution in [-0.4, -0.2) is 14.1 Å². The van der Waals surface area contributed by atoms with Crippen molar-refractivity contribution in [1.29, 1.82) is 0 Å². The smallest absolute Gasteiger partial charge is 0.323 e. The van der Waals surface area contributed by atoms with Crippen LogP contribution < -0.4 is 17.0 Å². The molecular formula is C2H11N3Ti+4. The first-order valence-electron chi connectivity index (χ1n) is 1.33. The van der Waals surface area contributed by atoms with Crippen molar-refractivity contribution in [2.45, 2.75) is 0 Å². The number of hydrogen-bond donors (Lipinski definition) is 3. The summed E-state index contributed by atoms with van der Waals surface area (Å²) in [5.74, 6) is 8.00. The number of hydrazine groups is 1. The first-order chi connectivity index (χ1) is 2.41. The van der Waals surface area contributed by atoms with Gasteiger partial charge in [-0.25, -0.2) is 0 Å². The molecule has 0 rings (SSSR count). The fourth-order valence-corrected chi connectivity index (χ4v) is 0. The molecule has 0 aromatic heterocycles. The van der Waals surface area contributed by atoms with E-state index in [0.717, 1.165) is 0 Å². The van der Waals surface area contributed by atoms with Gasteiger partial charge in [0.05, 0.1) is 0 Å². The summed E-state index contributed by atoms with van der Waals surface area (Å²) in [6.07, 6.45) is 0. The Kier molecular flexibility index (Phi) is 124. The van der Waals surface area contributed by atoms with E-state index in [0.29, 0.717) is 0 Å². The predicted octanol–water partition coefficient (Wildman–Crippen LogP) is -1.35. The van der Waals surface area contributed by atoms with Crippen molar-refractivity contribution in [2.24, 2.45) is 11.7 Å². The van der Waals surface area contributed by atoms with Gasteiger partial charge in [0.25, 0.3) is 0 Å². The Morgan fingerprint density at radius 3 is 1.17 bits per heavy atom. The van der Waals surface area contributed by atoms with Gasteiger partial charge in [0, 0.05) is 0 Å². The summed E-state index contributed by atoms with van der Waals surface area (Å²) in [4.78, 5) is 0. The van der Waals surface area contributed by atoms with Gasteiger partial charge < -0.3 is 5.32 Å². The Balaban J connectivity index is -0.0000000275. The van der Waals surface area contributed by atoms with E-state index in [1.807, 2.05) is 14.1 Å². The number of rotatable bonds is 0. The quantitative estimate of drug-likeness (QED) is 0.213.